The van der Waals surface area contributed by atoms with Crippen LogP contribution >= 0.6 is 11.5 Å². The Balaban J connectivity index is 1.61. The molecule has 1 fully saturated rings. The van der Waals surface area contributed by atoms with Crippen molar-refractivity contribution in [2.45, 2.75) is 45.2 Å². The summed E-state index contributed by atoms with van der Waals surface area (Å²) in [6.45, 7) is 5.19. The first-order valence-electron chi connectivity index (χ1n) is 6.14. The van der Waals surface area contributed by atoms with Gasteiger partial charge in [0.05, 0.1) is 10.6 Å². The zero-order valence-electron chi connectivity index (χ0n) is 9.83. The van der Waals surface area contributed by atoms with Crippen LogP contribution in [-0.4, -0.2) is 28.7 Å². The van der Waals surface area contributed by atoms with Gasteiger partial charge in [-0.05, 0) is 30.8 Å². The van der Waals surface area contributed by atoms with Gasteiger partial charge in [-0.2, -0.15) is 0 Å². The van der Waals surface area contributed by atoms with E-state index < -0.39 is 0 Å². The molecule has 0 atom stereocenters. The normalized spacial score (nSPS) is 15.6. The van der Waals surface area contributed by atoms with Gasteiger partial charge in [-0.1, -0.05) is 17.8 Å². The number of nitrogens with one attached hydrogen (secondary N) is 2. The minimum atomic E-state index is 0.808. The van der Waals surface area contributed by atoms with Crippen LogP contribution in [0.15, 0.2) is 0 Å². The predicted octanol–water partition coefficient (Wildman–Crippen LogP) is 1.33. The van der Waals surface area contributed by atoms with Gasteiger partial charge in [-0.15, -0.1) is 5.10 Å². The van der Waals surface area contributed by atoms with Crippen molar-refractivity contribution in [1.82, 2.24) is 20.2 Å². The molecule has 4 nitrogen and oxygen atoms in total. The number of aromatic nitrogens is 2. The Kier molecular flexibility index (Phi) is 4.69. The molecule has 1 saturated carbocycles. The fourth-order valence-corrected chi connectivity index (χ4v) is 2.29. The third kappa shape index (κ3) is 3.81. The van der Waals surface area contributed by atoms with E-state index in [1.54, 1.807) is 0 Å². The molecular formula is C11H20N4S. The van der Waals surface area contributed by atoms with E-state index in [0.717, 1.165) is 38.5 Å². The lowest BCUT2D eigenvalue weighted by atomic mass is 10.2. The van der Waals surface area contributed by atoms with Crippen LogP contribution in [0, 0.1) is 0 Å². The second kappa shape index (κ2) is 6.27. The standard InChI is InChI=1S/C11H20N4S/c1-2-3-10-11(16-15-14-10)8-12-6-7-13-9-4-5-9/h9,12-13H,2-8H2,1H3. The van der Waals surface area contributed by atoms with Crippen molar-refractivity contribution in [2.75, 3.05) is 13.1 Å². The summed E-state index contributed by atoms with van der Waals surface area (Å²) in [6, 6.07) is 0.808. The number of rotatable bonds is 8. The van der Waals surface area contributed by atoms with Gasteiger partial charge < -0.3 is 10.6 Å². The maximum Gasteiger partial charge on any atom is 0.0800 e. The molecule has 0 saturated heterocycles. The molecule has 5 heteroatoms. The highest BCUT2D eigenvalue weighted by Gasteiger charge is 2.19. The maximum atomic E-state index is 4.16. The molecule has 0 aliphatic heterocycles. The smallest absolute Gasteiger partial charge is 0.0800 e. The van der Waals surface area contributed by atoms with E-state index in [1.807, 2.05) is 0 Å². The SMILES string of the molecule is CCCc1nnsc1CNCCNC1CC1. The topological polar surface area (TPSA) is 49.8 Å². The summed E-state index contributed by atoms with van der Waals surface area (Å²) < 4.78 is 4.01. The van der Waals surface area contributed by atoms with Crippen LogP contribution < -0.4 is 10.6 Å². The van der Waals surface area contributed by atoms with Crippen LogP contribution in [-0.2, 0) is 13.0 Å². The van der Waals surface area contributed by atoms with Crippen LogP contribution in [0.5, 0.6) is 0 Å². The Labute approximate surface area is 101 Å². The lowest BCUT2D eigenvalue weighted by Crippen LogP contribution is -2.28. The molecule has 0 radical (unpaired) electrons. The van der Waals surface area contributed by atoms with E-state index >= 15 is 0 Å². The van der Waals surface area contributed by atoms with Crippen molar-refractivity contribution in [1.29, 1.82) is 0 Å². The van der Waals surface area contributed by atoms with Gasteiger partial charge in [-0.3, -0.25) is 0 Å². The molecule has 2 rings (SSSR count). The summed E-state index contributed by atoms with van der Waals surface area (Å²) in [5, 5.41) is 11.1. The fourth-order valence-electron chi connectivity index (χ4n) is 1.64. The Bertz CT molecular complexity index is 309. The van der Waals surface area contributed by atoms with Gasteiger partial charge >= 0.3 is 0 Å². The summed E-state index contributed by atoms with van der Waals surface area (Å²) in [6.07, 6.45) is 4.91. The molecule has 1 aromatic rings. The Morgan fingerprint density at radius 3 is 3.00 bits per heavy atom. The summed E-state index contributed by atoms with van der Waals surface area (Å²) >= 11 is 1.52. The average Bonchev–Trinajstić information content (AvgIpc) is 3.00. The van der Waals surface area contributed by atoms with Crippen molar-refractivity contribution >= 4 is 11.5 Å². The number of aryl methyl sites for hydroxylation is 1. The fraction of sp³-hybridized carbons (Fsp3) is 0.818. The first-order chi connectivity index (χ1) is 7.90. The molecule has 0 amide bonds. The van der Waals surface area contributed by atoms with Gasteiger partial charge in [0, 0.05) is 25.7 Å². The van der Waals surface area contributed by atoms with Crippen LogP contribution in [0.2, 0.25) is 0 Å². The monoisotopic (exact) mass is 240 g/mol. The third-order valence-corrected chi connectivity index (χ3v) is 3.48. The van der Waals surface area contributed by atoms with Crippen LogP contribution in [0.1, 0.15) is 36.8 Å². The van der Waals surface area contributed by atoms with Gasteiger partial charge in [0.1, 0.15) is 0 Å². The zero-order chi connectivity index (χ0) is 11.2. The first kappa shape index (κ1) is 12.0. The maximum absolute atomic E-state index is 4.16. The lowest BCUT2D eigenvalue weighted by Gasteiger charge is -2.04. The molecule has 0 bridgehead atoms. The zero-order valence-corrected chi connectivity index (χ0v) is 10.6. The van der Waals surface area contributed by atoms with Crippen LogP contribution in [0.4, 0.5) is 0 Å². The molecule has 0 spiro atoms. The van der Waals surface area contributed by atoms with Crippen LogP contribution in [0.3, 0.4) is 0 Å². The minimum absolute atomic E-state index is 0.808. The minimum Gasteiger partial charge on any atom is -0.313 e. The third-order valence-electron chi connectivity index (χ3n) is 2.72. The highest BCUT2D eigenvalue weighted by atomic mass is 32.1. The molecule has 2 N–H and O–H groups in total. The van der Waals surface area contributed by atoms with E-state index in [-0.39, 0.29) is 0 Å². The second-order valence-corrected chi connectivity index (χ2v) is 5.14. The highest BCUT2D eigenvalue weighted by molar-refractivity contribution is 7.05. The van der Waals surface area contributed by atoms with E-state index in [4.69, 9.17) is 0 Å². The highest BCUT2D eigenvalue weighted by Crippen LogP contribution is 2.17. The second-order valence-electron chi connectivity index (χ2n) is 4.30. The predicted molar refractivity (Wildman–Crippen MR) is 66.6 cm³/mol. The molecule has 1 aliphatic rings. The van der Waals surface area contributed by atoms with Gasteiger partial charge in [-0.25, -0.2) is 0 Å². The number of nitrogens with zero attached hydrogens (tertiary/aromatic N) is 2. The van der Waals surface area contributed by atoms with Gasteiger partial charge in [0.2, 0.25) is 0 Å². The van der Waals surface area contributed by atoms with Crippen molar-refractivity contribution < 1.29 is 0 Å². The summed E-state index contributed by atoms with van der Waals surface area (Å²) in [5.74, 6) is 0. The molecule has 0 unspecified atom stereocenters. The van der Waals surface area contributed by atoms with Crippen molar-refractivity contribution in [2.24, 2.45) is 0 Å². The molecule has 1 aromatic heterocycles. The largest absolute Gasteiger partial charge is 0.313 e. The first-order valence-corrected chi connectivity index (χ1v) is 6.91. The number of hydrogen-bond acceptors (Lipinski definition) is 5. The van der Waals surface area contributed by atoms with Crippen molar-refractivity contribution in [3.8, 4) is 0 Å². The summed E-state index contributed by atoms with van der Waals surface area (Å²) in [7, 11) is 0. The molecule has 1 aliphatic carbocycles. The van der Waals surface area contributed by atoms with E-state index in [1.165, 1.54) is 34.9 Å². The molecule has 0 aromatic carbocycles. The van der Waals surface area contributed by atoms with Gasteiger partial charge in [0.25, 0.3) is 0 Å². The Morgan fingerprint density at radius 2 is 2.25 bits per heavy atom. The van der Waals surface area contributed by atoms with Gasteiger partial charge in [0.15, 0.2) is 0 Å². The summed E-state index contributed by atoms with van der Waals surface area (Å²) in [5.41, 5.74) is 1.18. The molecule has 16 heavy (non-hydrogen) atoms. The molecular weight excluding hydrogens is 220 g/mol. The van der Waals surface area contributed by atoms with Crippen LogP contribution in [0.25, 0.3) is 0 Å². The van der Waals surface area contributed by atoms with E-state index in [0.29, 0.717) is 0 Å². The quantitative estimate of drug-likeness (QED) is 0.673. The molecule has 1 heterocycles. The van der Waals surface area contributed by atoms with Crippen molar-refractivity contribution in [3.63, 3.8) is 0 Å². The van der Waals surface area contributed by atoms with E-state index in [9.17, 15) is 0 Å². The Hall–Kier alpha value is -0.520. The average molecular weight is 240 g/mol. The molecule has 90 valence electrons. The number of hydrogen-bond donors (Lipinski definition) is 2. The lowest BCUT2D eigenvalue weighted by molar-refractivity contribution is 0.609. The van der Waals surface area contributed by atoms with E-state index in [2.05, 4.69) is 27.1 Å². The Morgan fingerprint density at radius 1 is 1.38 bits per heavy atom. The summed E-state index contributed by atoms with van der Waals surface area (Å²) in [4.78, 5) is 1.30. The van der Waals surface area contributed by atoms with Crippen molar-refractivity contribution in [3.05, 3.63) is 10.6 Å².